The summed E-state index contributed by atoms with van der Waals surface area (Å²) in [7, 11) is 8.33. The van der Waals surface area contributed by atoms with Crippen molar-refractivity contribution in [2.24, 2.45) is 0 Å². The van der Waals surface area contributed by atoms with Crippen LogP contribution in [0.3, 0.4) is 0 Å². The summed E-state index contributed by atoms with van der Waals surface area (Å²) >= 11 is 0. The van der Waals surface area contributed by atoms with Crippen LogP contribution in [0.2, 0.25) is 0 Å². The summed E-state index contributed by atoms with van der Waals surface area (Å²) in [5.41, 5.74) is 0. The van der Waals surface area contributed by atoms with Crippen LogP contribution in [0.25, 0.3) is 5.32 Å². The predicted molar refractivity (Wildman–Crippen MR) is 54.8 cm³/mol. The molecule has 0 saturated heterocycles. The van der Waals surface area contributed by atoms with Gasteiger partial charge in [0.25, 0.3) is 0 Å². The number of hydrogen-bond acceptors (Lipinski definition) is 2. The van der Waals surface area contributed by atoms with E-state index in [2.05, 4.69) is 50.2 Å². The van der Waals surface area contributed by atoms with E-state index < -0.39 is 0 Å². The van der Waals surface area contributed by atoms with Crippen LogP contribution in [0.1, 0.15) is 6.92 Å². The quantitative estimate of drug-likeness (QED) is 0.343. The minimum Gasteiger partial charge on any atom is -0.660 e. The molecule has 0 bridgehead atoms. The first-order valence-corrected chi connectivity index (χ1v) is 4.48. The number of hydrogen-bond donors (Lipinski definition) is 0. The zero-order valence-corrected chi connectivity index (χ0v) is 10.0. The molecule has 1 unspecified atom stereocenters. The molecule has 0 aromatic heterocycles. The van der Waals surface area contributed by atoms with E-state index in [9.17, 15) is 0 Å². The molecule has 1 atom stereocenters. The van der Waals surface area contributed by atoms with Crippen molar-refractivity contribution in [3.8, 4) is 0 Å². The molecular formula is C9H22LiN3. The van der Waals surface area contributed by atoms with Gasteiger partial charge >= 0.3 is 18.9 Å². The van der Waals surface area contributed by atoms with Crippen LogP contribution in [0.15, 0.2) is 0 Å². The van der Waals surface area contributed by atoms with Gasteiger partial charge in [0.1, 0.15) is 0 Å². The van der Waals surface area contributed by atoms with Crippen LogP contribution in [-0.2, 0) is 0 Å². The fraction of sp³-hybridized carbons (Fsp3) is 1.00. The van der Waals surface area contributed by atoms with Crippen molar-refractivity contribution in [2.75, 3.05) is 47.8 Å². The van der Waals surface area contributed by atoms with Crippen molar-refractivity contribution in [2.45, 2.75) is 13.0 Å². The average molecular weight is 179 g/mol. The Morgan fingerprint density at radius 1 is 1.15 bits per heavy atom. The molecule has 0 aromatic carbocycles. The Hall–Kier alpha value is 0.477. The van der Waals surface area contributed by atoms with E-state index in [4.69, 9.17) is 0 Å². The fourth-order valence-electron chi connectivity index (χ4n) is 0.712. The minimum atomic E-state index is 0. The van der Waals surface area contributed by atoms with Crippen LogP contribution < -0.4 is 18.9 Å². The molecule has 0 aromatic rings. The van der Waals surface area contributed by atoms with E-state index in [1.54, 1.807) is 0 Å². The topological polar surface area (TPSA) is 20.6 Å². The summed E-state index contributed by atoms with van der Waals surface area (Å²) in [4.78, 5) is 4.35. The Labute approximate surface area is 95.0 Å². The van der Waals surface area contributed by atoms with Crippen molar-refractivity contribution < 1.29 is 18.9 Å². The van der Waals surface area contributed by atoms with Gasteiger partial charge in [0.05, 0.1) is 0 Å². The van der Waals surface area contributed by atoms with E-state index in [-0.39, 0.29) is 18.9 Å². The Balaban J connectivity index is 0. The second-order valence-corrected chi connectivity index (χ2v) is 3.75. The summed E-state index contributed by atoms with van der Waals surface area (Å²) < 4.78 is 0. The van der Waals surface area contributed by atoms with E-state index in [0.717, 1.165) is 19.6 Å². The molecule has 0 fully saturated rings. The van der Waals surface area contributed by atoms with Crippen molar-refractivity contribution in [3.63, 3.8) is 0 Å². The maximum absolute atomic E-state index is 4.45. The molecule has 0 rings (SSSR count). The van der Waals surface area contributed by atoms with Gasteiger partial charge in [0, 0.05) is 0 Å². The predicted octanol–water partition coefficient (Wildman–Crippen LogP) is -2.12. The van der Waals surface area contributed by atoms with Crippen molar-refractivity contribution in [1.82, 2.24) is 9.80 Å². The van der Waals surface area contributed by atoms with Gasteiger partial charge < -0.3 is 15.1 Å². The van der Waals surface area contributed by atoms with Gasteiger partial charge in [-0.15, -0.1) is 13.1 Å². The Morgan fingerprint density at radius 2 is 1.69 bits per heavy atom. The zero-order valence-electron chi connectivity index (χ0n) is 10.0. The Kier molecular flexibility index (Phi) is 11.1. The molecule has 0 radical (unpaired) electrons. The zero-order chi connectivity index (χ0) is 9.56. The molecule has 0 saturated carbocycles. The number of nitrogens with zero attached hydrogens (tertiary/aromatic N) is 3. The van der Waals surface area contributed by atoms with Gasteiger partial charge in [-0.05, 0) is 40.8 Å². The van der Waals surface area contributed by atoms with Crippen LogP contribution in [0.5, 0.6) is 0 Å². The molecule has 0 N–H and O–H groups in total. The Bertz CT molecular complexity index is 107. The molecule has 0 heterocycles. The third-order valence-electron chi connectivity index (χ3n) is 1.98. The Morgan fingerprint density at radius 3 is 2.08 bits per heavy atom. The van der Waals surface area contributed by atoms with E-state index in [1.165, 1.54) is 0 Å². The summed E-state index contributed by atoms with van der Waals surface area (Å²) in [5, 5.41) is 4.45. The normalized spacial score (nSPS) is 13.2. The first-order chi connectivity index (χ1) is 5.54. The molecule has 3 nitrogen and oxygen atoms in total. The van der Waals surface area contributed by atoms with Crippen LogP contribution in [-0.4, -0.2) is 63.7 Å². The summed E-state index contributed by atoms with van der Waals surface area (Å²) in [5.74, 6) is 0. The molecule has 4 heteroatoms. The first-order valence-electron chi connectivity index (χ1n) is 4.48. The molecular weight excluding hydrogens is 157 g/mol. The van der Waals surface area contributed by atoms with Gasteiger partial charge in [-0.25, -0.2) is 0 Å². The van der Waals surface area contributed by atoms with Gasteiger partial charge in [-0.2, -0.15) is 0 Å². The van der Waals surface area contributed by atoms with Crippen molar-refractivity contribution in [1.29, 1.82) is 0 Å². The van der Waals surface area contributed by atoms with Crippen LogP contribution in [0.4, 0.5) is 0 Å². The van der Waals surface area contributed by atoms with E-state index in [1.807, 2.05) is 0 Å². The van der Waals surface area contributed by atoms with E-state index >= 15 is 0 Å². The minimum absolute atomic E-state index is 0. The number of rotatable bonds is 6. The summed E-state index contributed by atoms with van der Waals surface area (Å²) in [6.07, 6.45) is 0. The van der Waals surface area contributed by atoms with Crippen molar-refractivity contribution >= 4 is 0 Å². The van der Waals surface area contributed by atoms with Gasteiger partial charge in [0.2, 0.25) is 0 Å². The maximum Gasteiger partial charge on any atom is 1.00 e. The maximum atomic E-state index is 4.45. The molecule has 13 heavy (non-hydrogen) atoms. The molecule has 0 aliphatic carbocycles. The summed E-state index contributed by atoms with van der Waals surface area (Å²) in [6.45, 7) is 5.14. The molecule has 0 aliphatic rings. The average Bonchev–Trinajstić information content (AvgIpc) is 1.97. The van der Waals surface area contributed by atoms with Crippen molar-refractivity contribution in [3.05, 3.63) is 5.32 Å². The summed E-state index contributed by atoms with van der Waals surface area (Å²) in [6, 6.07) is 0.562. The SMILES string of the molecule is CC(C[N-]CCN(C)C)N(C)C.[Li+]. The fourth-order valence-corrected chi connectivity index (χ4v) is 0.712. The standard InChI is InChI=1S/C9H22N3.Li/c1-9(12(4)5)8-10-6-7-11(2)3;/h9H,6-8H2,1-5H3;/q-1;+1. The van der Waals surface area contributed by atoms with Crippen LogP contribution >= 0.6 is 0 Å². The van der Waals surface area contributed by atoms with E-state index in [0.29, 0.717) is 6.04 Å². The largest absolute Gasteiger partial charge is 1.00 e. The second kappa shape index (κ2) is 9.05. The third-order valence-corrected chi connectivity index (χ3v) is 1.98. The monoisotopic (exact) mass is 179 g/mol. The van der Waals surface area contributed by atoms with Gasteiger partial charge in [-0.3, -0.25) is 0 Å². The molecule has 0 aliphatic heterocycles. The first kappa shape index (κ1) is 15.9. The third kappa shape index (κ3) is 10.4. The number of likely N-dealkylation sites (N-methyl/N-ethyl adjacent to an activating group) is 2. The van der Waals surface area contributed by atoms with Crippen LogP contribution in [0, 0.1) is 0 Å². The van der Waals surface area contributed by atoms with Gasteiger partial charge in [-0.1, -0.05) is 6.92 Å². The smallest absolute Gasteiger partial charge is 0.660 e. The molecule has 0 spiro atoms. The van der Waals surface area contributed by atoms with Gasteiger partial charge in [0.15, 0.2) is 0 Å². The molecule has 0 amide bonds. The molecule has 74 valence electrons. The second-order valence-electron chi connectivity index (χ2n) is 3.75.